The van der Waals surface area contributed by atoms with Crippen LogP contribution in [0.1, 0.15) is 22.4 Å². The van der Waals surface area contributed by atoms with E-state index in [1.807, 2.05) is 73.2 Å². The van der Waals surface area contributed by atoms with E-state index in [4.69, 9.17) is 29.1 Å². The van der Waals surface area contributed by atoms with Crippen LogP contribution in [0.15, 0.2) is 85.3 Å². The summed E-state index contributed by atoms with van der Waals surface area (Å²) in [6.45, 7) is 3.45. The predicted octanol–water partition coefficient (Wildman–Crippen LogP) is 6.21. The minimum Gasteiger partial charge on any atom is -0.332 e. The molecule has 0 atom stereocenters. The Labute approximate surface area is 210 Å². The third-order valence-electron chi connectivity index (χ3n) is 5.55. The van der Waals surface area contributed by atoms with Crippen LogP contribution in [0.25, 0.3) is 0 Å². The summed E-state index contributed by atoms with van der Waals surface area (Å²) in [5, 5.41) is 13.6. The second kappa shape index (κ2) is 11.0. The van der Waals surface area contributed by atoms with Gasteiger partial charge in [0.2, 0.25) is 0 Å². The largest absolute Gasteiger partial charge is 0.332 e. The first-order valence-corrected chi connectivity index (χ1v) is 11.7. The predicted molar refractivity (Wildman–Crippen MR) is 142 cm³/mol. The summed E-state index contributed by atoms with van der Waals surface area (Å²) in [6.07, 6.45) is 4.49. The van der Waals surface area contributed by atoms with E-state index in [1.165, 1.54) is 0 Å². The zero-order chi connectivity index (χ0) is 23.9. The number of nitriles is 1. The summed E-state index contributed by atoms with van der Waals surface area (Å²) in [7, 11) is 0. The van der Waals surface area contributed by atoms with E-state index in [0.717, 1.165) is 34.6 Å². The lowest BCUT2D eigenvalue weighted by molar-refractivity contribution is 0.731. The third-order valence-corrected chi connectivity index (χ3v) is 6.11. The second-order valence-corrected chi connectivity index (χ2v) is 8.77. The molecule has 4 rings (SSSR count). The van der Waals surface area contributed by atoms with Crippen molar-refractivity contribution in [3.05, 3.63) is 113 Å². The minimum atomic E-state index is 0.606. The topological polar surface area (TPSA) is 56.9 Å². The maximum atomic E-state index is 9.02. The van der Waals surface area contributed by atoms with Crippen LogP contribution in [-0.2, 0) is 13.0 Å². The molecule has 0 aliphatic rings. The van der Waals surface area contributed by atoms with Crippen LogP contribution in [0.3, 0.4) is 0 Å². The third kappa shape index (κ3) is 5.82. The highest BCUT2D eigenvalue weighted by Gasteiger charge is 2.16. The van der Waals surface area contributed by atoms with Gasteiger partial charge in [-0.2, -0.15) is 5.26 Å². The minimum absolute atomic E-state index is 0.606. The van der Waals surface area contributed by atoms with Gasteiger partial charge in [-0.3, -0.25) is 0 Å². The maximum absolute atomic E-state index is 9.02. The van der Waals surface area contributed by atoms with Crippen LogP contribution < -0.4 is 10.2 Å². The molecule has 3 aromatic carbocycles. The zero-order valence-corrected chi connectivity index (χ0v) is 20.4. The van der Waals surface area contributed by atoms with Crippen molar-refractivity contribution in [1.29, 1.82) is 5.26 Å². The van der Waals surface area contributed by atoms with Crippen molar-refractivity contribution in [1.82, 2.24) is 9.55 Å². The quantitative estimate of drug-likeness (QED) is 0.315. The van der Waals surface area contributed by atoms with Crippen molar-refractivity contribution in [3.8, 4) is 6.07 Å². The Kier molecular flexibility index (Phi) is 7.58. The van der Waals surface area contributed by atoms with E-state index in [2.05, 4.69) is 44.9 Å². The number of anilines is 2. The first kappa shape index (κ1) is 23.5. The molecule has 0 unspecified atom stereocenters. The van der Waals surface area contributed by atoms with Gasteiger partial charge in [0.15, 0.2) is 5.11 Å². The first-order valence-electron chi connectivity index (χ1n) is 10.9. The number of hydrogen-bond acceptors (Lipinski definition) is 3. The molecule has 0 fully saturated rings. The number of halogens is 1. The van der Waals surface area contributed by atoms with Gasteiger partial charge in [0.1, 0.15) is 0 Å². The number of thiocarbonyl (C=S) groups is 1. The number of hydrogen-bond donors (Lipinski definition) is 1. The molecule has 0 amide bonds. The molecular formula is C27H24ClN5S. The number of para-hydroxylation sites is 1. The van der Waals surface area contributed by atoms with Crippen LogP contribution in [0.4, 0.5) is 11.4 Å². The smallest absolute Gasteiger partial charge is 0.177 e. The van der Waals surface area contributed by atoms with E-state index in [9.17, 15) is 0 Å². The van der Waals surface area contributed by atoms with Gasteiger partial charge in [-0.15, -0.1) is 0 Å². The standard InChI is InChI=1S/C27H24ClN5S/c1-20-5-2-3-8-26(20)33(27(34)31-24-7-4-6-23(28)15-24)14-13-25-17-30-19-32(25)18-22-11-9-21(16-29)10-12-22/h2-12,15,17,19H,13-14,18H2,1H3,(H,31,34). The maximum Gasteiger partial charge on any atom is 0.177 e. The summed E-state index contributed by atoms with van der Waals surface area (Å²) in [6, 6.07) is 25.5. The summed E-state index contributed by atoms with van der Waals surface area (Å²) >= 11 is 12.0. The average molecular weight is 486 g/mol. The van der Waals surface area contributed by atoms with E-state index in [-0.39, 0.29) is 0 Å². The number of benzene rings is 3. The molecule has 0 saturated heterocycles. The molecule has 1 aromatic heterocycles. The molecule has 5 nitrogen and oxygen atoms in total. The van der Waals surface area contributed by atoms with E-state index < -0.39 is 0 Å². The normalized spacial score (nSPS) is 10.5. The number of aromatic nitrogens is 2. The molecule has 1 heterocycles. The fourth-order valence-corrected chi connectivity index (χ4v) is 4.26. The highest BCUT2D eigenvalue weighted by atomic mass is 35.5. The molecule has 7 heteroatoms. The zero-order valence-electron chi connectivity index (χ0n) is 18.8. The van der Waals surface area contributed by atoms with E-state index in [0.29, 0.717) is 28.8 Å². The fraction of sp³-hybridized carbons (Fsp3) is 0.148. The number of nitrogens with one attached hydrogen (secondary N) is 1. The Morgan fingerprint density at radius 1 is 1.12 bits per heavy atom. The summed E-state index contributed by atoms with van der Waals surface area (Å²) < 4.78 is 2.13. The summed E-state index contributed by atoms with van der Waals surface area (Å²) in [5.74, 6) is 0. The first-order chi connectivity index (χ1) is 16.5. The highest BCUT2D eigenvalue weighted by molar-refractivity contribution is 7.80. The average Bonchev–Trinajstić information content (AvgIpc) is 3.27. The van der Waals surface area contributed by atoms with E-state index >= 15 is 0 Å². The molecule has 170 valence electrons. The number of rotatable bonds is 7. The Bertz CT molecular complexity index is 1320. The lowest BCUT2D eigenvalue weighted by atomic mass is 10.1. The highest BCUT2D eigenvalue weighted by Crippen LogP contribution is 2.23. The van der Waals surface area contributed by atoms with Gasteiger partial charge in [-0.25, -0.2) is 4.98 Å². The lowest BCUT2D eigenvalue weighted by Crippen LogP contribution is -2.37. The van der Waals surface area contributed by atoms with Crippen LogP contribution in [0, 0.1) is 18.3 Å². The fourth-order valence-electron chi connectivity index (χ4n) is 3.76. The van der Waals surface area contributed by atoms with Gasteiger partial charge in [-0.05, 0) is 66.7 Å². The van der Waals surface area contributed by atoms with Crippen LogP contribution in [0.2, 0.25) is 5.02 Å². The van der Waals surface area contributed by atoms with E-state index in [1.54, 1.807) is 0 Å². The number of aryl methyl sites for hydroxylation is 1. The molecular weight excluding hydrogens is 462 g/mol. The summed E-state index contributed by atoms with van der Waals surface area (Å²) in [5.41, 5.74) is 5.93. The molecule has 34 heavy (non-hydrogen) atoms. The van der Waals surface area contributed by atoms with Crippen LogP contribution in [0.5, 0.6) is 0 Å². The molecule has 0 spiro atoms. The summed E-state index contributed by atoms with van der Waals surface area (Å²) in [4.78, 5) is 6.49. The van der Waals surface area contributed by atoms with Gasteiger partial charge in [0.05, 0.1) is 18.0 Å². The van der Waals surface area contributed by atoms with Gasteiger partial charge in [-0.1, -0.05) is 48.0 Å². The molecule has 0 bridgehead atoms. The Morgan fingerprint density at radius 2 is 1.91 bits per heavy atom. The lowest BCUT2D eigenvalue weighted by Gasteiger charge is -2.27. The van der Waals surface area contributed by atoms with Crippen molar-refractivity contribution in [2.75, 3.05) is 16.8 Å². The molecule has 0 aliphatic carbocycles. The van der Waals surface area contributed by atoms with Crippen molar-refractivity contribution in [2.45, 2.75) is 19.9 Å². The number of imidazole rings is 1. The Morgan fingerprint density at radius 3 is 2.65 bits per heavy atom. The van der Waals surface area contributed by atoms with Crippen molar-refractivity contribution < 1.29 is 0 Å². The van der Waals surface area contributed by atoms with Gasteiger partial charge in [0.25, 0.3) is 0 Å². The Hall–Kier alpha value is -3.66. The monoisotopic (exact) mass is 485 g/mol. The second-order valence-electron chi connectivity index (χ2n) is 7.95. The van der Waals surface area contributed by atoms with Crippen molar-refractivity contribution >= 4 is 40.3 Å². The van der Waals surface area contributed by atoms with Crippen molar-refractivity contribution in [2.24, 2.45) is 0 Å². The Balaban J connectivity index is 1.52. The molecule has 0 saturated carbocycles. The molecule has 0 aliphatic heterocycles. The molecule has 0 radical (unpaired) electrons. The van der Waals surface area contributed by atoms with Crippen LogP contribution in [-0.4, -0.2) is 21.2 Å². The van der Waals surface area contributed by atoms with Crippen LogP contribution >= 0.6 is 23.8 Å². The number of nitrogens with zero attached hydrogens (tertiary/aromatic N) is 4. The van der Waals surface area contributed by atoms with Crippen molar-refractivity contribution in [3.63, 3.8) is 0 Å². The SMILES string of the molecule is Cc1ccccc1N(CCc1cncn1Cc1ccc(C#N)cc1)C(=S)Nc1cccc(Cl)c1. The molecule has 4 aromatic rings. The molecule has 1 N–H and O–H groups in total. The van der Waals surface area contributed by atoms with Gasteiger partial charge in [0, 0.05) is 47.8 Å². The van der Waals surface area contributed by atoms with Gasteiger partial charge >= 0.3 is 0 Å². The van der Waals surface area contributed by atoms with Gasteiger partial charge < -0.3 is 14.8 Å².